The Morgan fingerprint density at radius 3 is 3.20 bits per heavy atom. The number of nitriles is 1. The smallest absolute Gasteiger partial charge is 0.226 e. The second-order valence-electron chi connectivity index (χ2n) is 4.54. The first-order valence-corrected chi connectivity index (χ1v) is 7.15. The topological polar surface area (TPSA) is 96.5 Å². The lowest BCUT2D eigenvalue weighted by Gasteiger charge is -2.03. The van der Waals surface area contributed by atoms with Gasteiger partial charge in [-0.05, 0) is 35.3 Å². The van der Waals surface area contributed by atoms with Gasteiger partial charge in [0.2, 0.25) is 5.91 Å². The van der Waals surface area contributed by atoms with Gasteiger partial charge in [-0.2, -0.15) is 5.26 Å². The maximum absolute atomic E-state index is 11.9. The summed E-state index contributed by atoms with van der Waals surface area (Å²) in [4.78, 5) is 13.1. The van der Waals surface area contributed by atoms with Gasteiger partial charge in [0, 0.05) is 11.3 Å². The molecule has 0 bridgehead atoms. The van der Waals surface area contributed by atoms with Crippen LogP contribution >= 0.6 is 11.3 Å². The molecule has 20 heavy (non-hydrogen) atoms. The van der Waals surface area contributed by atoms with Crippen LogP contribution in [0.15, 0.2) is 6.33 Å². The largest absolute Gasteiger partial charge is 0.317 e. The minimum absolute atomic E-state index is 0.128. The number of tetrazole rings is 1. The molecule has 1 N–H and O–H groups in total. The van der Waals surface area contributed by atoms with E-state index in [1.54, 1.807) is 0 Å². The number of thiophene rings is 1. The standard InChI is InChI=1S/C12H12N6OS/c13-6-9-8-2-1-3-10(8)20-12(9)15-11(19)4-5-18-7-14-16-17-18/h7H,1-5H2,(H,15,19). The quantitative estimate of drug-likeness (QED) is 0.909. The lowest BCUT2D eigenvalue weighted by atomic mass is 10.1. The number of hydrogen-bond donors (Lipinski definition) is 1. The molecule has 2 aromatic heterocycles. The monoisotopic (exact) mass is 288 g/mol. The normalized spacial score (nSPS) is 12.9. The number of aromatic nitrogens is 4. The van der Waals surface area contributed by atoms with E-state index in [4.69, 9.17) is 0 Å². The number of aryl methyl sites for hydroxylation is 2. The molecule has 3 rings (SSSR count). The van der Waals surface area contributed by atoms with Crippen molar-refractivity contribution in [3.8, 4) is 6.07 Å². The molecule has 2 aromatic rings. The van der Waals surface area contributed by atoms with E-state index in [1.807, 2.05) is 0 Å². The number of rotatable bonds is 4. The third-order valence-electron chi connectivity index (χ3n) is 3.25. The molecule has 1 amide bonds. The van der Waals surface area contributed by atoms with Gasteiger partial charge in [-0.3, -0.25) is 4.79 Å². The summed E-state index contributed by atoms with van der Waals surface area (Å²) in [5.74, 6) is -0.128. The maximum Gasteiger partial charge on any atom is 0.226 e. The Labute approximate surface area is 119 Å². The van der Waals surface area contributed by atoms with Crippen LogP contribution in [0.2, 0.25) is 0 Å². The van der Waals surface area contributed by atoms with Crippen LogP contribution in [0.4, 0.5) is 5.00 Å². The predicted molar refractivity (Wildman–Crippen MR) is 72.1 cm³/mol. The van der Waals surface area contributed by atoms with Crippen molar-refractivity contribution in [1.82, 2.24) is 20.2 Å². The van der Waals surface area contributed by atoms with Gasteiger partial charge in [-0.15, -0.1) is 16.4 Å². The summed E-state index contributed by atoms with van der Waals surface area (Å²) in [6, 6.07) is 2.21. The molecule has 102 valence electrons. The molecule has 0 saturated carbocycles. The van der Waals surface area contributed by atoms with E-state index in [2.05, 4.69) is 26.9 Å². The molecule has 0 aromatic carbocycles. The second kappa shape index (κ2) is 5.38. The molecule has 0 saturated heterocycles. The molecule has 0 unspecified atom stereocenters. The van der Waals surface area contributed by atoms with Crippen molar-refractivity contribution in [2.24, 2.45) is 0 Å². The SMILES string of the molecule is N#Cc1c(NC(=O)CCn2cnnn2)sc2c1CCC2. The average Bonchev–Trinajstić information content (AvgIpc) is 3.12. The highest BCUT2D eigenvalue weighted by atomic mass is 32.1. The minimum Gasteiger partial charge on any atom is -0.317 e. The van der Waals surface area contributed by atoms with Crippen LogP contribution in [0.25, 0.3) is 0 Å². The highest BCUT2D eigenvalue weighted by molar-refractivity contribution is 7.16. The van der Waals surface area contributed by atoms with Gasteiger partial charge in [0.1, 0.15) is 17.4 Å². The van der Waals surface area contributed by atoms with Crippen LogP contribution in [0.3, 0.4) is 0 Å². The first-order chi connectivity index (χ1) is 9.78. The van der Waals surface area contributed by atoms with Gasteiger partial charge in [0.25, 0.3) is 0 Å². The number of amides is 1. The Morgan fingerprint density at radius 1 is 1.55 bits per heavy atom. The molecule has 0 atom stereocenters. The first-order valence-electron chi connectivity index (χ1n) is 6.33. The van der Waals surface area contributed by atoms with Crippen LogP contribution < -0.4 is 5.32 Å². The van der Waals surface area contributed by atoms with E-state index in [1.165, 1.54) is 27.2 Å². The molecule has 0 radical (unpaired) electrons. The summed E-state index contributed by atoms with van der Waals surface area (Å²) in [5.41, 5.74) is 1.76. The summed E-state index contributed by atoms with van der Waals surface area (Å²) in [5, 5.41) is 23.5. The molecule has 0 fully saturated rings. The summed E-state index contributed by atoms with van der Waals surface area (Å²) >= 11 is 1.52. The highest BCUT2D eigenvalue weighted by Gasteiger charge is 2.22. The van der Waals surface area contributed by atoms with E-state index >= 15 is 0 Å². The fraction of sp³-hybridized carbons (Fsp3) is 0.417. The zero-order valence-corrected chi connectivity index (χ0v) is 11.5. The first kappa shape index (κ1) is 12.7. The van der Waals surface area contributed by atoms with E-state index in [-0.39, 0.29) is 12.3 Å². The average molecular weight is 288 g/mol. The Kier molecular flexibility index (Phi) is 3.43. The van der Waals surface area contributed by atoms with Gasteiger partial charge >= 0.3 is 0 Å². The van der Waals surface area contributed by atoms with Crippen LogP contribution in [0.5, 0.6) is 0 Å². The third-order valence-corrected chi connectivity index (χ3v) is 4.45. The predicted octanol–water partition coefficient (Wildman–Crippen LogP) is 1.12. The van der Waals surface area contributed by atoms with E-state index < -0.39 is 0 Å². The fourth-order valence-corrected chi connectivity index (χ4v) is 3.55. The fourth-order valence-electron chi connectivity index (χ4n) is 2.30. The third kappa shape index (κ3) is 2.40. The lowest BCUT2D eigenvalue weighted by Crippen LogP contribution is -2.14. The van der Waals surface area contributed by atoms with Crippen molar-refractivity contribution in [2.75, 3.05) is 5.32 Å². The van der Waals surface area contributed by atoms with Crippen molar-refractivity contribution < 1.29 is 4.79 Å². The van der Waals surface area contributed by atoms with Crippen molar-refractivity contribution in [1.29, 1.82) is 5.26 Å². The Morgan fingerprint density at radius 2 is 2.45 bits per heavy atom. The molecule has 0 spiro atoms. The molecule has 8 heteroatoms. The second-order valence-corrected chi connectivity index (χ2v) is 5.65. The van der Waals surface area contributed by atoms with Gasteiger partial charge in [-0.25, -0.2) is 4.68 Å². The number of nitrogens with one attached hydrogen (secondary N) is 1. The van der Waals surface area contributed by atoms with Crippen molar-refractivity contribution in [3.63, 3.8) is 0 Å². The zero-order chi connectivity index (χ0) is 13.9. The number of nitrogens with zero attached hydrogens (tertiary/aromatic N) is 5. The van der Waals surface area contributed by atoms with Crippen LogP contribution in [-0.4, -0.2) is 26.1 Å². The molecule has 2 heterocycles. The van der Waals surface area contributed by atoms with Crippen molar-refractivity contribution >= 4 is 22.2 Å². The van der Waals surface area contributed by atoms with E-state index in [9.17, 15) is 10.1 Å². The molecular weight excluding hydrogens is 276 g/mol. The van der Waals surface area contributed by atoms with Crippen LogP contribution in [0, 0.1) is 11.3 Å². The number of carbonyl (C=O) groups is 1. The number of hydrogen-bond acceptors (Lipinski definition) is 6. The molecule has 1 aliphatic carbocycles. The number of anilines is 1. The minimum atomic E-state index is -0.128. The van der Waals surface area contributed by atoms with Gasteiger partial charge in [0.05, 0.1) is 12.1 Å². The lowest BCUT2D eigenvalue weighted by molar-refractivity contribution is -0.116. The summed E-state index contributed by atoms with van der Waals surface area (Å²) < 4.78 is 1.50. The number of fused-ring (bicyclic) bond motifs is 1. The van der Waals surface area contributed by atoms with E-state index in [0.29, 0.717) is 17.1 Å². The summed E-state index contributed by atoms with van der Waals surface area (Å²) in [7, 11) is 0. The van der Waals surface area contributed by atoms with E-state index in [0.717, 1.165) is 24.8 Å². The molecule has 7 nitrogen and oxygen atoms in total. The van der Waals surface area contributed by atoms with Gasteiger partial charge in [0.15, 0.2) is 0 Å². The molecule has 0 aliphatic heterocycles. The van der Waals surface area contributed by atoms with Gasteiger partial charge < -0.3 is 5.32 Å². The van der Waals surface area contributed by atoms with Crippen LogP contribution in [0.1, 0.15) is 28.8 Å². The Hall–Kier alpha value is -2.27. The van der Waals surface area contributed by atoms with Gasteiger partial charge in [-0.1, -0.05) is 0 Å². The maximum atomic E-state index is 11.9. The summed E-state index contributed by atoms with van der Waals surface area (Å²) in [6.45, 7) is 0.422. The Bertz CT molecular complexity index is 669. The molecular formula is C12H12N6OS. The highest BCUT2D eigenvalue weighted by Crippen LogP contribution is 2.38. The zero-order valence-electron chi connectivity index (χ0n) is 10.7. The number of carbonyl (C=O) groups excluding carboxylic acids is 1. The van der Waals surface area contributed by atoms with Crippen molar-refractivity contribution in [3.05, 3.63) is 22.3 Å². The molecule has 1 aliphatic rings. The summed E-state index contributed by atoms with van der Waals surface area (Å²) in [6.07, 6.45) is 4.79. The Balaban J connectivity index is 1.66. The van der Waals surface area contributed by atoms with Crippen LogP contribution in [-0.2, 0) is 24.2 Å². The van der Waals surface area contributed by atoms with Crippen molar-refractivity contribution in [2.45, 2.75) is 32.2 Å².